The fourth-order valence-electron chi connectivity index (χ4n) is 4.48. The molecular weight excluding hydrogens is 354 g/mol. The first-order chi connectivity index (χ1) is 13.6. The van der Waals surface area contributed by atoms with Gasteiger partial charge in [0.1, 0.15) is 0 Å². The van der Waals surface area contributed by atoms with E-state index in [1.807, 2.05) is 53.0 Å². The zero-order valence-electron chi connectivity index (χ0n) is 16.7. The Morgan fingerprint density at radius 1 is 1.32 bits per heavy atom. The molecule has 2 aromatic rings. The molecule has 0 radical (unpaired) electrons. The van der Waals surface area contributed by atoms with Gasteiger partial charge in [-0.05, 0) is 37.6 Å². The number of likely N-dealkylation sites (N-methyl/N-ethyl adjacent to an activating group) is 1. The lowest BCUT2D eigenvalue weighted by molar-refractivity contribution is 0.00758. The first kappa shape index (κ1) is 19.0. The quantitative estimate of drug-likeness (QED) is 0.881. The van der Waals surface area contributed by atoms with Crippen molar-refractivity contribution in [2.75, 3.05) is 39.4 Å². The molecule has 2 atom stereocenters. The summed E-state index contributed by atoms with van der Waals surface area (Å²) < 4.78 is 7.53. The third-order valence-corrected chi connectivity index (χ3v) is 6.04. The van der Waals surface area contributed by atoms with Crippen molar-refractivity contribution < 1.29 is 9.53 Å². The molecular formula is C21H29N5O2. The minimum Gasteiger partial charge on any atom is -0.379 e. The Kier molecular flexibility index (Phi) is 5.37. The van der Waals surface area contributed by atoms with Crippen LogP contribution in [0.5, 0.6) is 0 Å². The lowest BCUT2D eigenvalue weighted by Gasteiger charge is -2.48. The second kappa shape index (κ2) is 7.93. The second-order valence-electron chi connectivity index (χ2n) is 7.71. The third kappa shape index (κ3) is 3.52. The Labute approximate surface area is 166 Å². The second-order valence-corrected chi connectivity index (χ2v) is 7.71. The van der Waals surface area contributed by atoms with E-state index in [0.29, 0.717) is 6.61 Å². The molecule has 3 heterocycles. The highest BCUT2D eigenvalue weighted by Gasteiger charge is 2.45. The minimum atomic E-state index is -0.118. The van der Waals surface area contributed by atoms with Gasteiger partial charge in [-0.25, -0.2) is 9.48 Å². The number of carbonyl (C=O) groups excluding carboxylic acids is 1. The van der Waals surface area contributed by atoms with Crippen LogP contribution >= 0.6 is 0 Å². The molecule has 1 N–H and O–H groups in total. The van der Waals surface area contributed by atoms with Crippen LogP contribution in [0.25, 0.3) is 5.69 Å². The van der Waals surface area contributed by atoms with E-state index in [2.05, 4.69) is 22.2 Å². The lowest BCUT2D eigenvalue weighted by Crippen LogP contribution is -2.64. The molecule has 7 nitrogen and oxygen atoms in total. The standard InChI is InChI=1S/C21H29N5O2/c1-3-25-13-12-24(15-21(25)9-14-28-16-21)20(27)23-17(2)18-7-4-5-8-19(18)26-11-6-10-22-26/h4-8,10-11,17H,3,9,12-16H2,1-2H3,(H,23,27). The van der Waals surface area contributed by atoms with Crippen molar-refractivity contribution in [3.05, 3.63) is 48.3 Å². The maximum absolute atomic E-state index is 13.0. The molecule has 1 aromatic carbocycles. The fourth-order valence-corrected chi connectivity index (χ4v) is 4.48. The third-order valence-electron chi connectivity index (χ3n) is 6.04. The van der Waals surface area contributed by atoms with Gasteiger partial charge in [0.15, 0.2) is 0 Å². The van der Waals surface area contributed by atoms with E-state index in [1.165, 1.54) is 0 Å². The molecule has 150 valence electrons. The van der Waals surface area contributed by atoms with E-state index in [9.17, 15) is 4.79 Å². The van der Waals surface area contributed by atoms with Crippen LogP contribution in [0.1, 0.15) is 31.9 Å². The van der Waals surface area contributed by atoms with Crippen LogP contribution in [0.2, 0.25) is 0 Å². The molecule has 0 aliphatic carbocycles. The molecule has 0 bridgehead atoms. The van der Waals surface area contributed by atoms with Gasteiger partial charge >= 0.3 is 6.03 Å². The van der Waals surface area contributed by atoms with Gasteiger partial charge in [-0.3, -0.25) is 4.90 Å². The van der Waals surface area contributed by atoms with Crippen LogP contribution in [0.3, 0.4) is 0 Å². The summed E-state index contributed by atoms with van der Waals surface area (Å²) in [5, 5.41) is 7.53. The van der Waals surface area contributed by atoms with Crippen molar-refractivity contribution in [2.45, 2.75) is 31.8 Å². The summed E-state index contributed by atoms with van der Waals surface area (Å²) in [6.07, 6.45) is 4.67. The Morgan fingerprint density at radius 2 is 2.18 bits per heavy atom. The summed E-state index contributed by atoms with van der Waals surface area (Å²) >= 11 is 0. The van der Waals surface area contributed by atoms with E-state index >= 15 is 0 Å². The highest BCUT2D eigenvalue weighted by atomic mass is 16.5. The molecule has 2 aliphatic heterocycles. The molecule has 0 saturated carbocycles. The minimum absolute atomic E-state index is 0.00945. The summed E-state index contributed by atoms with van der Waals surface area (Å²) in [5.41, 5.74) is 2.00. The van der Waals surface area contributed by atoms with E-state index in [4.69, 9.17) is 4.74 Å². The number of aromatic nitrogens is 2. The molecule has 2 fully saturated rings. The van der Waals surface area contributed by atoms with Gasteiger partial charge in [-0.15, -0.1) is 0 Å². The monoisotopic (exact) mass is 383 g/mol. The highest BCUT2D eigenvalue weighted by molar-refractivity contribution is 5.75. The molecule has 1 spiro atoms. The van der Waals surface area contributed by atoms with Crippen LogP contribution in [0.15, 0.2) is 42.7 Å². The van der Waals surface area contributed by atoms with Gasteiger partial charge in [0, 0.05) is 38.6 Å². The average molecular weight is 383 g/mol. The largest absolute Gasteiger partial charge is 0.379 e. The van der Waals surface area contributed by atoms with E-state index < -0.39 is 0 Å². The van der Waals surface area contributed by atoms with Crippen LogP contribution < -0.4 is 5.32 Å². The Balaban J connectivity index is 1.47. The number of rotatable bonds is 4. The molecule has 2 aliphatic rings. The van der Waals surface area contributed by atoms with Gasteiger partial charge in [-0.2, -0.15) is 5.10 Å². The Morgan fingerprint density at radius 3 is 2.89 bits per heavy atom. The Hall–Kier alpha value is -2.38. The molecule has 2 amide bonds. The number of benzene rings is 1. The van der Waals surface area contributed by atoms with Gasteiger partial charge in [-0.1, -0.05) is 25.1 Å². The fraction of sp³-hybridized carbons (Fsp3) is 0.524. The maximum atomic E-state index is 13.0. The predicted molar refractivity (Wildman–Crippen MR) is 107 cm³/mol. The van der Waals surface area contributed by atoms with Crippen molar-refractivity contribution >= 4 is 6.03 Å². The average Bonchev–Trinajstić information content (AvgIpc) is 3.40. The number of hydrogen-bond acceptors (Lipinski definition) is 4. The summed E-state index contributed by atoms with van der Waals surface area (Å²) in [4.78, 5) is 17.5. The summed E-state index contributed by atoms with van der Waals surface area (Å²) in [6, 6.07) is 9.83. The number of carbonyl (C=O) groups is 1. The van der Waals surface area contributed by atoms with Gasteiger partial charge < -0.3 is 15.0 Å². The highest BCUT2D eigenvalue weighted by Crippen LogP contribution is 2.30. The van der Waals surface area contributed by atoms with Crippen molar-refractivity contribution in [3.8, 4) is 5.69 Å². The zero-order chi connectivity index (χ0) is 19.6. The van der Waals surface area contributed by atoms with E-state index in [1.54, 1.807) is 6.20 Å². The van der Waals surface area contributed by atoms with Gasteiger partial charge in [0.25, 0.3) is 0 Å². The molecule has 7 heteroatoms. The summed E-state index contributed by atoms with van der Waals surface area (Å²) in [7, 11) is 0. The summed E-state index contributed by atoms with van der Waals surface area (Å²) in [5.74, 6) is 0. The van der Waals surface area contributed by atoms with Crippen LogP contribution in [0, 0.1) is 0 Å². The topological polar surface area (TPSA) is 62.6 Å². The number of urea groups is 1. The Bertz CT molecular complexity index is 801. The van der Waals surface area contributed by atoms with Crippen molar-refractivity contribution in [3.63, 3.8) is 0 Å². The normalized spacial score (nSPS) is 23.9. The molecule has 4 rings (SSSR count). The SMILES string of the molecule is CCN1CCN(C(=O)NC(C)c2ccccc2-n2cccn2)CC12CCOC2. The van der Waals surface area contributed by atoms with Crippen molar-refractivity contribution in [1.82, 2.24) is 24.9 Å². The van der Waals surface area contributed by atoms with E-state index in [-0.39, 0.29) is 17.6 Å². The number of nitrogens with zero attached hydrogens (tertiary/aromatic N) is 4. The van der Waals surface area contributed by atoms with Crippen LogP contribution in [-0.2, 0) is 4.74 Å². The lowest BCUT2D eigenvalue weighted by atomic mass is 9.93. The van der Waals surface area contributed by atoms with Gasteiger partial charge in [0.2, 0.25) is 0 Å². The predicted octanol–water partition coefficient (Wildman–Crippen LogP) is 2.44. The number of hydrogen-bond donors (Lipinski definition) is 1. The number of ether oxygens (including phenoxy) is 1. The molecule has 2 unspecified atom stereocenters. The van der Waals surface area contributed by atoms with Crippen molar-refractivity contribution in [1.29, 1.82) is 0 Å². The summed E-state index contributed by atoms with van der Waals surface area (Å²) in [6.45, 7) is 9.05. The van der Waals surface area contributed by atoms with Crippen molar-refractivity contribution in [2.24, 2.45) is 0 Å². The molecule has 1 aromatic heterocycles. The molecule has 2 saturated heterocycles. The first-order valence-electron chi connectivity index (χ1n) is 10.1. The zero-order valence-corrected chi connectivity index (χ0v) is 16.7. The molecule has 28 heavy (non-hydrogen) atoms. The van der Waals surface area contributed by atoms with Gasteiger partial charge in [0.05, 0.1) is 23.9 Å². The van der Waals surface area contributed by atoms with E-state index in [0.717, 1.165) is 50.5 Å². The number of piperazine rings is 1. The first-order valence-corrected chi connectivity index (χ1v) is 10.1. The smallest absolute Gasteiger partial charge is 0.317 e. The number of amides is 2. The number of para-hydroxylation sites is 1. The maximum Gasteiger partial charge on any atom is 0.317 e. The number of nitrogens with one attached hydrogen (secondary N) is 1. The van der Waals surface area contributed by atoms with Crippen LogP contribution in [-0.4, -0.2) is 70.5 Å². The van der Waals surface area contributed by atoms with Crippen LogP contribution in [0.4, 0.5) is 4.79 Å².